The minimum absolute atomic E-state index is 0.0812. The van der Waals surface area contributed by atoms with Gasteiger partial charge in [0, 0.05) is 6.07 Å². The van der Waals surface area contributed by atoms with Crippen LogP contribution in [0, 0.1) is 0 Å². The first-order chi connectivity index (χ1) is 6.81. The molecule has 1 aliphatic rings. The summed E-state index contributed by atoms with van der Waals surface area (Å²) in [7, 11) is 0. The molecular weight excluding hydrogens is 211 g/mol. The second kappa shape index (κ2) is 2.82. The topological polar surface area (TPSA) is 71.8 Å². The van der Waals surface area contributed by atoms with E-state index in [0.717, 1.165) is 0 Å². The van der Waals surface area contributed by atoms with Crippen LogP contribution in [0.1, 0.15) is 24.4 Å². The SMILES string of the molecule is NC1(c2nc(C(F)(F)F)cc(=O)[nH]2)CC1. The summed E-state index contributed by atoms with van der Waals surface area (Å²) in [5, 5.41) is 0. The molecule has 1 fully saturated rings. The molecule has 0 aromatic carbocycles. The highest BCUT2D eigenvalue weighted by molar-refractivity contribution is 5.17. The van der Waals surface area contributed by atoms with Crippen LogP contribution in [-0.2, 0) is 11.7 Å². The van der Waals surface area contributed by atoms with Crippen molar-refractivity contribution in [1.82, 2.24) is 9.97 Å². The third kappa shape index (κ3) is 1.87. The predicted molar refractivity (Wildman–Crippen MR) is 45.0 cm³/mol. The van der Waals surface area contributed by atoms with E-state index in [4.69, 9.17) is 5.73 Å². The second-order valence-electron chi connectivity index (χ2n) is 3.63. The quantitative estimate of drug-likeness (QED) is 0.731. The van der Waals surface area contributed by atoms with Crippen molar-refractivity contribution in [3.63, 3.8) is 0 Å². The minimum atomic E-state index is -4.62. The van der Waals surface area contributed by atoms with Crippen LogP contribution in [0.25, 0.3) is 0 Å². The van der Waals surface area contributed by atoms with Crippen LogP contribution in [0.2, 0.25) is 0 Å². The van der Waals surface area contributed by atoms with Gasteiger partial charge in [-0.1, -0.05) is 0 Å². The molecule has 4 nitrogen and oxygen atoms in total. The highest BCUT2D eigenvalue weighted by Crippen LogP contribution is 2.41. The third-order valence-electron chi connectivity index (χ3n) is 2.29. The lowest BCUT2D eigenvalue weighted by Crippen LogP contribution is -2.28. The largest absolute Gasteiger partial charge is 0.433 e. The van der Waals surface area contributed by atoms with Crippen molar-refractivity contribution < 1.29 is 13.2 Å². The number of hydrogen-bond donors (Lipinski definition) is 2. The van der Waals surface area contributed by atoms with Gasteiger partial charge < -0.3 is 10.7 Å². The number of halogens is 3. The van der Waals surface area contributed by atoms with Crippen molar-refractivity contribution in [1.29, 1.82) is 0 Å². The fourth-order valence-electron chi connectivity index (χ4n) is 1.21. The first-order valence-electron chi connectivity index (χ1n) is 4.29. The number of alkyl halides is 3. The van der Waals surface area contributed by atoms with Crippen LogP contribution in [0.5, 0.6) is 0 Å². The number of nitrogens with one attached hydrogen (secondary N) is 1. The number of hydrogen-bond acceptors (Lipinski definition) is 3. The summed E-state index contributed by atoms with van der Waals surface area (Å²) in [5.41, 5.74) is 2.75. The van der Waals surface area contributed by atoms with Crippen molar-refractivity contribution in [2.45, 2.75) is 24.6 Å². The molecule has 0 atom stereocenters. The third-order valence-corrected chi connectivity index (χ3v) is 2.29. The predicted octanol–water partition coefficient (Wildman–Crippen LogP) is 0.737. The molecule has 1 saturated carbocycles. The van der Waals surface area contributed by atoms with Gasteiger partial charge in [0.05, 0.1) is 5.54 Å². The lowest BCUT2D eigenvalue weighted by molar-refractivity contribution is -0.141. The lowest BCUT2D eigenvalue weighted by Gasteiger charge is -2.10. The van der Waals surface area contributed by atoms with Gasteiger partial charge in [-0.05, 0) is 12.8 Å². The monoisotopic (exact) mass is 219 g/mol. The van der Waals surface area contributed by atoms with Gasteiger partial charge in [-0.3, -0.25) is 4.79 Å². The van der Waals surface area contributed by atoms with E-state index in [0.29, 0.717) is 18.9 Å². The first kappa shape index (κ1) is 10.2. The summed E-state index contributed by atoms with van der Waals surface area (Å²) in [6, 6.07) is 0.426. The van der Waals surface area contributed by atoms with Gasteiger partial charge in [-0.15, -0.1) is 0 Å². The zero-order valence-electron chi connectivity index (χ0n) is 7.56. The summed E-state index contributed by atoms with van der Waals surface area (Å²) in [6.45, 7) is 0. The number of aromatic amines is 1. The summed E-state index contributed by atoms with van der Waals surface area (Å²) >= 11 is 0. The first-order valence-corrected chi connectivity index (χ1v) is 4.29. The lowest BCUT2D eigenvalue weighted by atomic mass is 10.2. The number of nitrogens with two attached hydrogens (primary N) is 1. The van der Waals surface area contributed by atoms with Gasteiger partial charge in [-0.25, -0.2) is 4.98 Å². The molecule has 3 N–H and O–H groups in total. The van der Waals surface area contributed by atoms with E-state index < -0.39 is 23.0 Å². The Kier molecular flexibility index (Phi) is 1.91. The average Bonchev–Trinajstić information content (AvgIpc) is 2.82. The number of rotatable bonds is 1. The van der Waals surface area contributed by atoms with E-state index in [-0.39, 0.29) is 5.82 Å². The molecular formula is C8H8F3N3O. The van der Waals surface area contributed by atoms with E-state index in [1.807, 2.05) is 0 Å². The molecule has 82 valence electrons. The fraction of sp³-hybridized carbons (Fsp3) is 0.500. The molecule has 0 saturated heterocycles. The molecule has 0 radical (unpaired) electrons. The molecule has 2 rings (SSSR count). The van der Waals surface area contributed by atoms with Crippen LogP contribution in [0.4, 0.5) is 13.2 Å². The Bertz CT molecular complexity index is 421. The van der Waals surface area contributed by atoms with Gasteiger partial charge in [-0.2, -0.15) is 13.2 Å². The Morgan fingerprint density at radius 3 is 2.53 bits per heavy atom. The maximum absolute atomic E-state index is 12.3. The van der Waals surface area contributed by atoms with E-state index in [1.54, 1.807) is 0 Å². The Morgan fingerprint density at radius 1 is 1.47 bits per heavy atom. The van der Waals surface area contributed by atoms with Crippen molar-refractivity contribution in [2.75, 3.05) is 0 Å². The fourth-order valence-corrected chi connectivity index (χ4v) is 1.21. The highest BCUT2D eigenvalue weighted by atomic mass is 19.4. The van der Waals surface area contributed by atoms with Crippen molar-refractivity contribution in [3.05, 3.63) is 27.9 Å². The Balaban J connectivity index is 2.51. The zero-order valence-corrected chi connectivity index (χ0v) is 7.56. The molecule has 0 bridgehead atoms. The van der Waals surface area contributed by atoms with Gasteiger partial charge in [0.15, 0.2) is 5.69 Å². The molecule has 1 aromatic heterocycles. The van der Waals surface area contributed by atoms with Crippen molar-refractivity contribution >= 4 is 0 Å². The summed E-state index contributed by atoms with van der Waals surface area (Å²) < 4.78 is 36.9. The average molecular weight is 219 g/mol. The van der Waals surface area contributed by atoms with E-state index >= 15 is 0 Å². The number of H-pyrrole nitrogens is 1. The smallest absolute Gasteiger partial charge is 0.319 e. The van der Waals surface area contributed by atoms with Gasteiger partial charge >= 0.3 is 6.18 Å². The van der Waals surface area contributed by atoms with Crippen molar-refractivity contribution in [3.8, 4) is 0 Å². The van der Waals surface area contributed by atoms with E-state index in [1.165, 1.54) is 0 Å². The van der Waals surface area contributed by atoms with Crippen LogP contribution >= 0.6 is 0 Å². The number of aromatic nitrogens is 2. The van der Waals surface area contributed by atoms with Crippen LogP contribution < -0.4 is 11.3 Å². The van der Waals surface area contributed by atoms with Gasteiger partial charge in [0.1, 0.15) is 5.82 Å². The maximum Gasteiger partial charge on any atom is 0.433 e. The van der Waals surface area contributed by atoms with Gasteiger partial charge in [0.2, 0.25) is 0 Å². The molecule has 1 aromatic rings. The highest BCUT2D eigenvalue weighted by Gasteiger charge is 2.44. The maximum atomic E-state index is 12.3. The summed E-state index contributed by atoms with van der Waals surface area (Å²) in [5.74, 6) is -0.0812. The number of nitrogens with zero attached hydrogens (tertiary/aromatic N) is 1. The van der Waals surface area contributed by atoms with E-state index in [9.17, 15) is 18.0 Å². The van der Waals surface area contributed by atoms with Crippen LogP contribution in [0.3, 0.4) is 0 Å². The molecule has 1 heterocycles. The molecule has 0 spiro atoms. The zero-order chi connectivity index (χ0) is 11.3. The molecule has 7 heteroatoms. The molecule has 0 amide bonds. The summed E-state index contributed by atoms with van der Waals surface area (Å²) in [6.07, 6.45) is -3.54. The van der Waals surface area contributed by atoms with Crippen LogP contribution in [0.15, 0.2) is 10.9 Å². The Morgan fingerprint density at radius 2 is 2.07 bits per heavy atom. The van der Waals surface area contributed by atoms with Crippen LogP contribution in [-0.4, -0.2) is 9.97 Å². The minimum Gasteiger partial charge on any atom is -0.319 e. The Hall–Kier alpha value is -1.37. The standard InChI is InChI=1S/C8H8F3N3O/c9-8(10,11)4-3-5(15)14-6(13-4)7(12)1-2-7/h3H,1-2,12H2,(H,13,14,15). The molecule has 0 aliphatic heterocycles. The molecule has 0 unspecified atom stereocenters. The van der Waals surface area contributed by atoms with E-state index in [2.05, 4.69) is 9.97 Å². The molecule has 15 heavy (non-hydrogen) atoms. The summed E-state index contributed by atoms with van der Waals surface area (Å²) in [4.78, 5) is 16.5. The van der Waals surface area contributed by atoms with Gasteiger partial charge in [0.25, 0.3) is 5.56 Å². The second-order valence-corrected chi connectivity index (χ2v) is 3.63. The Labute approximate surface area is 82.3 Å². The van der Waals surface area contributed by atoms with Crippen molar-refractivity contribution in [2.24, 2.45) is 5.73 Å². The normalized spacial score (nSPS) is 18.9. The molecule has 1 aliphatic carbocycles.